The lowest BCUT2D eigenvalue weighted by atomic mass is 10.1. The zero-order valence-electron chi connectivity index (χ0n) is 10.6. The minimum absolute atomic E-state index is 0.0178. The fourth-order valence-electron chi connectivity index (χ4n) is 1.79. The first-order chi connectivity index (χ1) is 8.71. The van der Waals surface area contributed by atoms with E-state index in [1.807, 2.05) is 20.8 Å². The van der Waals surface area contributed by atoms with Crippen LogP contribution in [0.2, 0.25) is 5.02 Å². The highest BCUT2D eigenvalue weighted by molar-refractivity contribution is 7.71. The molecular formula is C12H12ClF2N3S. The Kier molecular flexibility index (Phi) is 3.49. The minimum Gasteiger partial charge on any atom is -0.295 e. The average Bonchev–Trinajstić information content (AvgIpc) is 2.65. The van der Waals surface area contributed by atoms with Crippen LogP contribution in [-0.2, 0) is 5.54 Å². The van der Waals surface area contributed by atoms with Crippen LogP contribution in [-0.4, -0.2) is 14.8 Å². The summed E-state index contributed by atoms with van der Waals surface area (Å²) in [7, 11) is 0. The Morgan fingerprint density at radius 2 is 1.89 bits per heavy atom. The fourth-order valence-corrected chi connectivity index (χ4v) is 2.35. The molecule has 0 spiro atoms. The zero-order valence-corrected chi connectivity index (χ0v) is 12.2. The molecular weight excluding hydrogens is 292 g/mol. The van der Waals surface area contributed by atoms with E-state index in [-0.39, 0.29) is 16.4 Å². The molecule has 19 heavy (non-hydrogen) atoms. The van der Waals surface area contributed by atoms with E-state index in [1.54, 1.807) is 4.57 Å². The third kappa shape index (κ3) is 2.55. The van der Waals surface area contributed by atoms with Crippen LogP contribution in [0.15, 0.2) is 12.1 Å². The van der Waals surface area contributed by atoms with E-state index in [9.17, 15) is 8.78 Å². The van der Waals surface area contributed by atoms with E-state index in [2.05, 4.69) is 10.2 Å². The van der Waals surface area contributed by atoms with Crippen molar-refractivity contribution in [1.82, 2.24) is 14.8 Å². The SMILES string of the molecule is CC(C)(C)n1c(-c2cc(F)c(Cl)cc2F)n[nH]c1=S. The lowest BCUT2D eigenvalue weighted by Crippen LogP contribution is -2.23. The van der Waals surface area contributed by atoms with E-state index in [4.69, 9.17) is 23.8 Å². The molecule has 2 aromatic rings. The Bertz CT molecular complexity index is 685. The summed E-state index contributed by atoms with van der Waals surface area (Å²) in [6.45, 7) is 5.68. The molecule has 0 aliphatic heterocycles. The maximum Gasteiger partial charge on any atom is 0.195 e. The summed E-state index contributed by atoms with van der Waals surface area (Å²) in [4.78, 5) is 0. The number of halogens is 3. The Morgan fingerprint density at radius 1 is 1.26 bits per heavy atom. The van der Waals surface area contributed by atoms with Crippen LogP contribution in [0.1, 0.15) is 20.8 Å². The van der Waals surface area contributed by atoms with Crippen LogP contribution in [0.25, 0.3) is 11.4 Å². The molecule has 0 fully saturated rings. The third-order valence-corrected chi connectivity index (χ3v) is 3.16. The number of rotatable bonds is 1. The van der Waals surface area contributed by atoms with Crippen molar-refractivity contribution in [2.24, 2.45) is 0 Å². The van der Waals surface area contributed by atoms with Gasteiger partial charge in [0.1, 0.15) is 11.6 Å². The van der Waals surface area contributed by atoms with Gasteiger partial charge < -0.3 is 0 Å². The Labute approximate surface area is 119 Å². The number of hydrogen-bond acceptors (Lipinski definition) is 2. The van der Waals surface area contributed by atoms with Crippen molar-refractivity contribution in [2.75, 3.05) is 0 Å². The van der Waals surface area contributed by atoms with E-state index >= 15 is 0 Å². The van der Waals surface area contributed by atoms with Crippen LogP contribution in [0, 0.1) is 16.4 Å². The summed E-state index contributed by atoms with van der Waals surface area (Å²) in [5, 5.41) is 6.31. The summed E-state index contributed by atoms with van der Waals surface area (Å²) in [5.74, 6) is -1.11. The summed E-state index contributed by atoms with van der Waals surface area (Å²) in [5.41, 5.74) is -0.397. The van der Waals surface area contributed by atoms with Crippen molar-refractivity contribution < 1.29 is 8.78 Å². The first-order valence-corrected chi connectivity index (χ1v) is 6.33. The summed E-state index contributed by atoms with van der Waals surface area (Å²) in [6, 6.07) is 1.95. The van der Waals surface area contributed by atoms with Crippen molar-refractivity contribution in [3.8, 4) is 11.4 Å². The van der Waals surface area contributed by atoms with Crippen molar-refractivity contribution in [1.29, 1.82) is 0 Å². The van der Waals surface area contributed by atoms with E-state index in [0.29, 0.717) is 4.77 Å². The molecule has 7 heteroatoms. The molecule has 2 rings (SSSR count). The first kappa shape index (κ1) is 14.1. The molecule has 3 nitrogen and oxygen atoms in total. The van der Waals surface area contributed by atoms with Gasteiger partial charge in [0.15, 0.2) is 10.6 Å². The molecule has 1 heterocycles. The van der Waals surface area contributed by atoms with Crippen LogP contribution in [0.4, 0.5) is 8.78 Å². The van der Waals surface area contributed by atoms with Crippen molar-refractivity contribution in [3.63, 3.8) is 0 Å². The first-order valence-electron chi connectivity index (χ1n) is 5.54. The van der Waals surface area contributed by atoms with Gasteiger partial charge in [0.25, 0.3) is 0 Å². The van der Waals surface area contributed by atoms with Crippen LogP contribution in [0.5, 0.6) is 0 Å². The van der Waals surface area contributed by atoms with Crippen molar-refractivity contribution >= 4 is 23.8 Å². The zero-order chi connectivity index (χ0) is 14.4. The van der Waals surface area contributed by atoms with Crippen LogP contribution >= 0.6 is 23.8 Å². The molecule has 0 saturated carbocycles. The Morgan fingerprint density at radius 3 is 2.47 bits per heavy atom. The molecule has 1 N–H and O–H groups in total. The Balaban J connectivity index is 2.74. The van der Waals surface area contributed by atoms with E-state index < -0.39 is 17.2 Å². The van der Waals surface area contributed by atoms with Gasteiger partial charge in [-0.3, -0.25) is 9.67 Å². The number of aromatic amines is 1. The summed E-state index contributed by atoms with van der Waals surface area (Å²) < 4.78 is 29.4. The lowest BCUT2D eigenvalue weighted by Gasteiger charge is -2.22. The molecule has 0 saturated heterocycles. The molecule has 1 aromatic heterocycles. The number of nitrogens with zero attached hydrogens (tertiary/aromatic N) is 2. The number of nitrogens with one attached hydrogen (secondary N) is 1. The molecule has 0 amide bonds. The molecule has 0 aliphatic carbocycles. The quantitative estimate of drug-likeness (QED) is 0.629. The van der Waals surface area contributed by atoms with Gasteiger partial charge in [-0.05, 0) is 45.1 Å². The molecule has 0 bridgehead atoms. The highest BCUT2D eigenvalue weighted by atomic mass is 35.5. The van der Waals surface area contributed by atoms with Gasteiger partial charge in [0, 0.05) is 5.54 Å². The molecule has 0 atom stereocenters. The smallest absolute Gasteiger partial charge is 0.195 e. The van der Waals surface area contributed by atoms with Crippen molar-refractivity contribution in [3.05, 3.63) is 33.6 Å². The second-order valence-corrected chi connectivity index (χ2v) is 5.90. The monoisotopic (exact) mass is 303 g/mol. The number of H-pyrrole nitrogens is 1. The normalized spacial score (nSPS) is 11.9. The minimum atomic E-state index is -0.701. The number of benzene rings is 1. The second-order valence-electron chi connectivity index (χ2n) is 5.10. The average molecular weight is 304 g/mol. The third-order valence-electron chi connectivity index (χ3n) is 2.59. The standard InChI is InChI=1S/C12H12ClF2N3S/c1-12(2,3)18-10(16-17-11(18)19)6-4-9(15)7(13)5-8(6)14/h4-5H,1-3H3,(H,17,19). The van der Waals surface area contributed by atoms with Gasteiger partial charge in [-0.1, -0.05) is 11.6 Å². The fraction of sp³-hybridized carbons (Fsp3) is 0.333. The van der Waals surface area contributed by atoms with Gasteiger partial charge in [-0.25, -0.2) is 8.78 Å². The predicted octanol–water partition coefficient (Wildman–Crippen LogP) is 4.29. The summed E-state index contributed by atoms with van der Waals surface area (Å²) >= 11 is 10.7. The van der Waals surface area contributed by atoms with Gasteiger partial charge >= 0.3 is 0 Å². The maximum absolute atomic E-state index is 13.9. The molecule has 102 valence electrons. The van der Waals surface area contributed by atoms with E-state index in [1.165, 1.54) is 0 Å². The van der Waals surface area contributed by atoms with Crippen molar-refractivity contribution in [2.45, 2.75) is 26.3 Å². The Hall–Kier alpha value is -1.27. The molecule has 0 radical (unpaired) electrons. The van der Waals surface area contributed by atoms with Gasteiger partial charge in [0.05, 0.1) is 10.6 Å². The maximum atomic E-state index is 13.9. The topological polar surface area (TPSA) is 33.6 Å². The van der Waals surface area contributed by atoms with Crippen LogP contribution < -0.4 is 0 Å². The highest BCUT2D eigenvalue weighted by Crippen LogP contribution is 2.29. The van der Waals surface area contributed by atoms with E-state index in [0.717, 1.165) is 12.1 Å². The molecule has 1 aromatic carbocycles. The second kappa shape index (κ2) is 4.68. The number of hydrogen-bond donors (Lipinski definition) is 1. The van der Waals surface area contributed by atoms with Gasteiger partial charge in [0.2, 0.25) is 0 Å². The number of aromatic nitrogens is 3. The highest BCUT2D eigenvalue weighted by Gasteiger charge is 2.23. The lowest BCUT2D eigenvalue weighted by molar-refractivity contribution is 0.394. The van der Waals surface area contributed by atoms with Gasteiger partial charge in [-0.2, -0.15) is 5.10 Å². The molecule has 0 unspecified atom stereocenters. The summed E-state index contributed by atoms with van der Waals surface area (Å²) in [6.07, 6.45) is 0. The predicted molar refractivity (Wildman–Crippen MR) is 72.8 cm³/mol. The largest absolute Gasteiger partial charge is 0.295 e. The molecule has 0 aliphatic rings. The van der Waals surface area contributed by atoms with Crippen LogP contribution in [0.3, 0.4) is 0 Å². The van der Waals surface area contributed by atoms with Gasteiger partial charge in [-0.15, -0.1) is 0 Å².